The number of benzene rings is 1. The molecule has 3 rings (SSSR count). The van der Waals surface area contributed by atoms with E-state index in [4.69, 9.17) is 0 Å². The van der Waals surface area contributed by atoms with Crippen LogP contribution in [0.4, 0.5) is 0 Å². The third-order valence-corrected chi connectivity index (χ3v) is 2.75. The maximum absolute atomic E-state index is 3.44. The molecule has 0 aliphatic carbocycles. The number of H-pyrrole nitrogens is 1. The summed E-state index contributed by atoms with van der Waals surface area (Å²) in [7, 11) is 0. The molecule has 0 atom stereocenters. The van der Waals surface area contributed by atoms with Crippen LogP contribution >= 0.6 is 0 Å². The van der Waals surface area contributed by atoms with Crippen LogP contribution < -0.4 is 5.32 Å². The van der Waals surface area contributed by atoms with Gasteiger partial charge in [-0.25, -0.2) is 0 Å². The smallest absolute Gasteiger partial charge is 0.0460 e. The summed E-state index contributed by atoms with van der Waals surface area (Å²) in [4.78, 5) is 3.44. The molecule has 0 amide bonds. The summed E-state index contributed by atoms with van der Waals surface area (Å²) in [5, 5.41) is 4.74. The van der Waals surface area contributed by atoms with Crippen LogP contribution in [0.25, 0.3) is 10.9 Å². The summed E-state index contributed by atoms with van der Waals surface area (Å²) < 4.78 is 0. The van der Waals surface area contributed by atoms with Crippen molar-refractivity contribution in [2.45, 2.75) is 20.0 Å². The van der Waals surface area contributed by atoms with E-state index in [2.05, 4.69) is 35.4 Å². The Morgan fingerprint density at radius 2 is 2.15 bits per heavy atom. The Bertz CT molecular complexity index is 468. The van der Waals surface area contributed by atoms with Crippen molar-refractivity contribution < 1.29 is 0 Å². The van der Waals surface area contributed by atoms with Crippen LogP contribution in [0.1, 0.15) is 16.8 Å². The Morgan fingerprint density at radius 1 is 1.23 bits per heavy atom. The number of fused-ring (bicyclic) bond motifs is 3. The molecule has 0 saturated heterocycles. The number of aromatic amines is 1. The highest BCUT2D eigenvalue weighted by atomic mass is 14.9. The van der Waals surface area contributed by atoms with E-state index in [-0.39, 0.29) is 0 Å². The Labute approximate surface area is 77.0 Å². The molecule has 0 bridgehead atoms. The van der Waals surface area contributed by atoms with E-state index >= 15 is 0 Å². The van der Waals surface area contributed by atoms with Gasteiger partial charge in [0.15, 0.2) is 0 Å². The van der Waals surface area contributed by atoms with E-state index in [1.165, 1.54) is 27.7 Å². The Morgan fingerprint density at radius 3 is 3.08 bits per heavy atom. The number of hydrogen-bond donors (Lipinski definition) is 2. The zero-order chi connectivity index (χ0) is 8.84. The van der Waals surface area contributed by atoms with Crippen molar-refractivity contribution in [1.82, 2.24) is 10.3 Å². The van der Waals surface area contributed by atoms with Gasteiger partial charge in [0.25, 0.3) is 0 Å². The summed E-state index contributed by atoms with van der Waals surface area (Å²) in [6.45, 7) is 4.14. The van der Waals surface area contributed by atoms with Gasteiger partial charge in [-0.3, -0.25) is 0 Å². The fraction of sp³-hybridized carbons (Fsp3) is 0.273. The minimum absolute atomic E-state index is 0.989. The molecule has 2 aromatic rings. The maximum Gasteiger partial charge on any atom is 0.0460 e. The highest BCUT2D eigenvalue weighted by molar-refractivity contribution is 5.85. The van der Waals surface area contributed by atoms with Crippen LogP contribution in [0.5, 0.6) is 0 Å². The normalized spacial score (nSPS) is 15.2. The topological polar surface area (TPSA) is 27.8 Å². The first-order valence-corrected chi connectivity index (χ1v) is 4.65. The van der Waals surface area contributed by atoms with Gasteiger partial charge in [0.2, 0.25) is 0 Å². The number of hydrogen-bond acceptors (Lipinski definition) is 1. The second-order valence-corrected chi connectivity index (χ2v) is 3.73. The molecule has 1 aliphatic rings. The van der Waals surface area contributed by atoms with Crippen molar-refractivity contribution in [3.8, 4) is 0 Å². The molecule has 2 nitrogen and oxygen atoms in total. The summed E-state index contributed by atoms with van der Waals surface area (Å²) in [5.41, 5.74) is 5.43. The Kier molecular flexibility index (Phi) is 1.30. The zero-order valence-corrected chi connectivity index (χ0v) is 7.65. The number of rotatable bonds is 0. The minimum Gasteiger partial charge on any atom is -0.357 e. The van der Waals surface area contributed by atoms with E-state index < -0.39 is 0 Å². The number of nitrogens with one attached hydrogen (secondary N) is 2. The van der Waals surface area contributed by atoms with Gasteiger partial charge in [-0.2, -0.15) is 0 Å². The summed E-state index contributed by atoms with van der Waals surface area (Å²) >= 11 is 0. The summed E-state index contributed by atoms with van der Waals surface area (Å²) in [6, 6.07) is 6.59. The molecule has 0 fully saturated rings. The fourth-order valence-electron chi connectivity index (χ4n) is 2.08. The molecule has 2 heteroatoms. The van der Waals surface area contributed by atoms with Gasteiger partial charge in [0.1, 0.15) is 0 Å². The molecule has 0 radical (unpaired) electrons. The predicted molar refractivity (Wildman–Crippen MR) is 53.6 cm³/mol. The highest BCUT2D eigenvalue weighted by Crippen LogP contribution is 2.26. The first-order chi connectivity index (χ1) is 6.34. The molecule has 66 valence electrons. The minimum atomic E-state index is 0.989. The van der Waals surface area contributed by atoms with E-state index in [9.17, 15) is 0 Å². The van der Waals surface area contributed by atoms with Crippen LogP contribution in [0, 0.1) is 6.92 Å². The van der Waals surface area contributed by atoms with E-state index in [1.54, 1.807) is 0 Å². The van der Waals surface area contributed by atoms with Gasteiger partial charge in [0, 0.05) is 29.7 Å². The predicted octanol–water partition coefficient (Wildman–Crippen LogP) is 2.08. The first-order valence-electron chi connectivity index (χ1n) is 4.65. The SMILES string of the molecule is Cc1ccc2[nH]c3c(c2c1)CNC3. The Hall–Kier alpha value is -1.28. The van der Waals surface area contributed by atoms with Gasteiger partial charge in [-0.15, -0.1) is 0 Å². The van der Waals surface area contributed by atoms with Crippen LogP contribution in [-0.2, 0) is 13.1 Å². The van der Waals surface area contributed by atoms with Crippen molar-refractivity contribution in [3.05, 3.63) is 35.0 Å². The van der Waals surface area contributed by atoms with Gasteiger partial charge in [-0.05, 0) is 24.6 Å². The largest absolute Gasteiger partial charge is 0.357 e. The molecule has 1 aromatic carbocycles. The van der Waals surface area contributed by atoms with Crippen molar-refractivity contribution in [2.24, 2.45) is 0 Å². The molecule has 2 N–H and O–H groups in total. The van der Waals surface area contributed by atoms with Gasteiger partial charge < -0.3 is 10.3 Å². The molecular weight excluding hydrogens is 160 g/mol. The molecule has 2 heterocycles. The third kappa shape index (κ3) is 0.923. The summed E-state index contributed by atoms with van der Waals surface area (Å²) in [5.74, 6) is 0. The number of aromatic nitrogens is 1. The second-order valence-electron chi connectivity index (χ2n) is 3.73. The molecular formula is C11H12N2. The molecule has 1 aromatic heterocycles. The van der Waals surface area contributed by atoms with E-state index in [1.807, 2.05) is 0 Å². The average Bonchev–Trinajstić information content (AvgIpc) is 2.64. The molecule has 0 saturated carbocycles. The lowest BCUT2D eigenvalue weighted by molar-refractivity contribution is 0.757. The molecule has 0 spiro atoms. The van der Waals surface area contributed by atoms with Crippen molar-refractivity contribution in [3.63, 3.8) is 0 Å². The lowest BCUT2D eigenvalue weighted by atomic mass is 10.1. The third-order valence-electron chi connectivity index (χ3n) is 2.75. The van der Waals surface area contributed by atoms with Crippen molar-refractivity contribution in [1.29, 1.82) is 0 Å². The quantitative estimate of drug-likeness (QED) is 0.625. The lowest BCUT2D eigenvalue weighted by Crippen LogP contribution is -2.01. The highest BCUT2D eigenvalue weighted by Gasteiger charge is 2.15. The standard InChI is InChI=1S/C11H12N2/c1-7-2-3-10-8(4-7)9-5-12-6-11(9)13-10/h2-4,12-13H,5-6H2,1H3. The lowest BCUT2D eigenvalue weighted by Gasteiger charge is -1.95. The molecule has 13 heavy (non-hydrogen) atoms. The van der Waals surface area contributed by atoms with Gasteiger partial charge in [0.05, 0.1) is 0 Å². The zero-order valence-electron chi connectivity index (χ0n) is 7.65. The van der Waals surface area contributed by atoms with E-state index in [0.717, 1.165) is 13.1 Å². The van der Waals surface area contributed by atoms with E-state index in [0.29, 0.717) is 0 Å². The summed E-state index contributed by atoms with van der Waals surface area (Å²) in [6.07, 6.45) is 0. The Balaban J connectivity index is 2.40. The van der Waals surface area contributed by atoms with Crippen LogP contribution in [-0.4, -0.2) is 4.98 Å². The van der Waals surface area contributed by atoms with Crippen LogP contribution in [0.3, 0.4) is 0 Å². The van der Waals surface area contributed by atoms with Crippen LogP contribution in [0.2, 0.25) is 0 Å². The van der Waals surface area contributed by atoms with Gasteiger partial charge in [-0.1, -0.05) is 11.6 Å². The van der Waals surface area contributed by atoms with Crippen molar-refractivity contribution in [2.75, 3.05) is 0 Å². The van der Waals surface area contributed by atoms with Crippen molar-refractivity contribution >= 4 is 10.9 Å². The first kappa shape index (κ1) is 7.15. The number of aryl methyl sites for hydroxylation is 1. The molecule has 1 aliphatic heterocycles. The maximum atomic E-state index is 3.44. The van der Waals surface area contributed by atoms with Crippen LogP contribution in [0.15, 0.2) is 18.2 Å². The monoisotopic (exact) mass is 172 g/mol. The second kappa shape index (κ2) is 2.36. The van der Waals surface area contributed by atoms with Gasteiger partial charge >= 0.3 is 0 Å². The fourth-order valence-corrected chi connectivity index (χ4v) is 2.08. The molecule has 0 unspecified atom stereocenters. The average molecular weight is 172 g/mol.